The number of hydrogen-bond acceptors (Lipinski definition) is 2. The molecule has 2 nitrogen and oxygen atoms in total. The number of nitrogens with zero attached hydrogens (tertiary/aromatic N) is 1. The monoisotopic (exact) mass is 228 g/mol. The van der Waals surface area contributed by atoms with Crippen LogP contribution in [0.15, 0.2) is 28.9 Å². The Balaban J connectivity index is 2.57. The van der Waals surface area contributed by atoms with Crippen LogP contribution in [0.3, 0.4) is 0 Å². The molecular formula is C15H20N2. The van der Waals surface area contributed by atoms with Gasteiger partial charge in [-0.25, -0.2) is 4.99 Å². The molecule has 0 atom stereocenters. The average molecular weight is 228 g/mol. The third-order valence-electron chi connectivity index (χ3n) is 2.93. The van der Waals surface area contributed by atoms with E-state index in [9.17, 15) is 0 Å². The quantitative estimate of drug-likeness (QED) is 0.713. The highest BCUT2D eigenvalue weighted by Gasteiger charge is 2.15. The first kappa shape index (κ1) is 11.9. The summed E-state index contributed by atoms with van der Waals surface area (Å²) >= 11 is 0. The van der Waals surface area contributed by atoms with Crippen molar-refractivity contribution in [2.45, 2.75) is 40.0 Å². The molecule has 0 saturated heterocycles. The molecule has 1 aromatic rings. The summed E-state index contributed by atoms with van der Waals surface area (Å²) < 4.78 is 0. The number of amidine groups is 1. The van der Waals surface area contributed by atoms with E-state index in [4.69, 9.17) is 0 Å². The van der Waals surface area contributed by atoms with Gasteiger partial charge in [0.1, 0.15) is 5.84 Å². The van der Waals surface area contributed by atoms with Gasteiger partial charge in [-0.3, -0.25) is 0 Å². The van der Waals surface area contributed by atoms with E-state index in [0.29, 0.717) is 0 Å². The second-order valence-corrected chi connectivity index (χ2v) is 5.67. The average Bonchev–Trinajstić information content (AvgIpc) is 2.31. The molecule has 0 saturated carbocycles. The first-order valence-corrected chi connectivity index (χ1v) is 6.01. The molecule has 0 amide bonds. The Bertz CT molecular complexity index is 502. The summed E-state index contributed by atoms with van der Waals surface area (Å²) in [7, 11) is 0. The van der Waals surface area contributed by atoms with Crippen LogP contribution in [0.1, 0.15) is 45.7 Å². The molecule has 0 bridgehead atoms. The molecule has 0 radical (unpaired) electrons. The largest absolute Gasteiger partial charge is 0.348 e. The zero-order valence-electron chi connectivity index (χ0n) is 11.3. The number of benzene rings is 1. The number of fused-ring (bicyclic) bond motifs is 1. The molecule has 1 aliphatic heterocycles. The van der Waals surface area contributed by atoms with Gasteiger partial charge in [0.15, 0.2) is 0 Å². The van der Waals surface area contributed by atoms with Crippen molar-refractivity contribution in [2.24, 2.45) is 4.99 Å². The zero-order chi connectivity index (χ0) is 12.6. The topological polar surface area (TPSA) is 24.4 Å². The number of hydrogen-bond donors (Lipinski definition) is 1. The third-order valence-corrected chi connectivity index (χ3v) is 2.93. The minimum Gasteiger partial charge on any atom is -0.348 e. The summed E-state index contributed by atoms with van der Waals surface area (Å²) in [4.78, 5) is 4.62. The molecule has 1 N–H and O–H groups in total. The SMILES string of the molecule is CC1=Cc2ccc(C(C)(C)C)cc2N=C(C)N1. The number of aliphatic imine (C=N–C) groups is 1. The molecule has 0 aliphatic carbocycles. The van der Waals surface area contributed by atoms with Crippen molar-refractivity contribution in [3.8, 4) is 0 Å². The first-order chi connectivity index (χ1) is 7.86. The molecular weight excluding hydrogens is 208 g/mol. The Hall–Kier alpha value is -1.57. The van der Waals surface area contributed by atoms with Crippen molar-refractivity contribution >= 4 is 17.6 Å². The van der Waals surface area contributed by atoms with Crippen LogP contribution >= 0.6 is 0 Å². The second kappa shape index (κ2) is 4.02. The number of nitrogens with one attached hydrogen (secondary N) is 1. The Morgan fingerprint density at radius 3 is 2.47 bits per heavy atom. The van der Waals surface area contributed by atoms with E-state index in [2.05, 4.69) is 62.3 Å². The molecule has 0 fully saturated rings. The lowest BCUT2D eigenvalue weighted by Crippen LogP contribution is -2.16. The highest BCUT2D eigenvalue weighted by Crippen LogP contribution is 2.30. The number of allylic oxidation sites excluding steroid dienone is 1. The van der Waals surface area contributed by atoms with Crippen molar-refractivity contribution < 1.29 is 0 Å². The minimum absolute atomic E-state index is 0.164. The summed E-state index contributed by atoms with van der Waals surface area (Å²) in [5.41, 5.74) is 4.85. The van der Waals surface area contributed by atoms with Crippen LogP contribution in [-0.2, 0) is 5.41 Å². The van der Waals surface area contributed by atoms with Crippen molar-refractivity contribution in [3.05, 3.63) is 35.0 Å². The third kappa shape index (κ3) is 2.57. The van der Waals surface area contributed by atoms with E-state index in [1.807, 2.05) is 6.92 Å². The van der Waals surface area contributed by atoms with Crippen molar-refractivity contribution in [3.63, 3.8) is 0 Å². The lowest BCUT2D eigenvalue weighted by Gasteiger charge is -2.19. The van der Waals surface area contributed by atoms with Crippen LogP contribution in [0.5, 0.6) is 0 Å². The fraction of sp³-hybridized carbons (Fsp3) is 0.400. The summed E-state index contributed by atoms with van der Waals surface area (Å²) in [5, 5.41) is 3.26. The van der Waals surface area contributed by atoms with Crippen molar-refractivity contribution in [1.29, 1.82) is 0 Å². The Kier molecular flexibility index (Phi) is 2.82. The van der Waals surface area contributed by atoms with Gasteiger partial charge >= 0.3 is 0 Å². The summed E-state index contributed by atoms with van der Waals surface area (Å²) in [6, 6.07) is 6.54. The maximum atomic E-state index is 4.62. The summed E-state index contributed by atoms with van der Waals surface area (Å²) in [5.74, 6) is 0.948. The summed E-state index contributed by atoms with van der Waals surface area (Å²) in [6.07, 6.45) is 2.14. The van der Waals surface area contributed by atoms with Crippen LogP contribution < -0.4 is 5.32 Å². The van der Waals surface area contributed by atoms with Crippen LogP contribution in [0.2, 0.25) is 0 Å². The van der Waals surface area contributed by atoms with E-state index in [1.165, 1.54) is 11.1 Å². The highest BCUT2D eigenvalue weighted by atomic mass is 15.0. The molecule has 0 spiro atoms. The van der Waals surface area contributed by atoms with Gasteiger partial charge in [0, 0.05) is 11.3 Å². The fourth-order valence-electron chi connectivity index (χ4n) is 1.99. The molecule has 1 aliphatic rings. The second-order valence-electron chi connectivity index (χ2n) is 5.67. The van der Waals surface area contributed by atoms with Gasteiger partial charge in [0.2, 0.25) is 0 Å². The molecule has 90 valence electrons. The minimum atomic E-state index is 0.164. The predicted octanol–water partition coefficient (Wildman–Crippen LogP) is 4.00. The Morgan fingerprint density at radius 2 is 1.82 bits per heavy atom. The zero-order valence-corrected chi connectivity index (χ0v) is 11.3. The summed E-state index contributed by atoms with van der Waals surface area (Å²) in [6.45, 7) is 10.7. The van der Waals surface area contributed by atoms with Gasteiger partial charge in [0.25, 0.3) is 0 Å². The molecule has 1 heterocycles. The van der Waals surface area contributed by atoms with Gasteiger partial charge in [-0.15, -0.1) is 0 Å². The lowest BCUT2D eigenvalue weighted by atomic mass is 9.86. The van der Waals surface area contributed by atoms with Crippen LogP contribution in [-0.4, -0.2) is 5.84 Å². The van der Waals surface area contributed by atoms with E-state index in [0.717, 1.165) is 17.2 Å². The van der Waals surface area contributed by atoms with Gasteiger partial charge in [-0.1, -0.05) is 32.9 Å². The number of rotatable bonds is 0. The smallest absolute Gasteiger partial charge is 0.103 e. The molecule has 17 heavy (non-hydrogen) atoms. The van der Waals surface area contributed by atoms with E-state index >= 15 is 0 Å². The molecule has 0 unspecified atom stereocenters. The first-order valence-electron chi connectivity index (χ1n) is 6.01. The maximum Gasteiger partial charge on any atom is 0.103 e. The van der Waals surface area contributed by atoms with Crippen LogP contribution in [0.25, 0.3) is 6.08 Å². The van der Waals surface area contributed by atoms with E-state index in [1.54, 1.807) is 0 Å². The van der Waals surface area contributed by atoms with Crippen molar-refractivity contribution in [2.75, 3.05) is 0 Å². The fourth-order valence-corrected chi connectivity index (χ4v) is 1.99. The van der Waals surface area contributed by atoms with Crippen molar-refractivity contribution in [1.82, 2.24) is 5.32 Å². The normalized spacial score (nSPS) is 15.4. The van der Waals surface area contributed by atoms with Gasteiger partial charge < -0.3 is 5.32 Å². The van der Waals surface area contributed by atoms with E-state index < -0.39 is 0 Å². The molecule has 1 aromatic carbocycles. The standard InChI is InChI=1S/C15H20N2/c1-10-8-12-6-7-13(15(3,4)5)9-14(12)17-11(2)16-10/h6-9H,1-5H3,(H,16,17). The van der Waals surface area contributed by atoms with E-state index in [-0.39, 0.29) is 5.41 Å². The van der Waals surface area contributed by atoms with Gasteiger partial charge in [0.05, 0.1) is 5.69 Å². The van der Waals surface area contributed by atoms with Gasteiger partial charge in [-0.05, 0) is 37.0 Å². The highest BCUT2D eigenvalue weighted by molar-refractivity contribution is 5.88. The van der Waals surface area contributed by atoms with Gasteiger partial charge in [-0.2, -0.15) is 0 Å². The lowest BCUT2D eigenvalue weighted by molar-refractivity contribution is 0.590. The molecule has 2 heteroatoms. The predicted molar refractivity (Wildman–Crippen MR) is 74.7 cm³/mol. The van der Waals surface area contributed by atoms with Crippen LogP contribution in [0.4, 0.5) is 5.69 Å². The Labute approximate surface area is 103 Å². The Morgan fingerprint density at radius 1 is 1.12 bits per heavy atom. The molecule has 2 rings (SSSR count). The maximum absolute atomic E-state index is 4.62. The van der Waals surface area contributed by atoms with Crippen LogP contribution in [0, 0.1) is 0 Å². The molecule has 0 aromatic heterocycles.